The second-order valence-electron chi connectivity index (χ2n) is 4.42. The Labute approximate surface area is 128 Å². The number of ether oxygens (including phenoxy) is 1. The van der Waals surface area contributed by atoms with Crippen molar-refractivity contribution in [3.05, 3.63) is 71.8 Å². The summed E-state index contributed by atoms with van der Waals surface area (Å²) in [5.41, 5.74) is 0.846. The van der Waals surface area contributed by atoms with E-state index in [1.807, 2.05) is 0 Å². The van der Waals surface area contributed by atoms with Crippen LogP contribution in [0.5, 0.6) is 0 Å². The van der Waals surface area contributed by atoms with Crippen LogP contribution in [0.4, 0.5) is 0 Å². The van der Waals surface area contributed by atoms with Gasteiger partial charge < -0.3 is 4.74 Å². The van der Waals surface area contributed by atoms with E-state index < -0.39 is 11.9 Å². The molecule has 2 aromatic rings. The molecule has 5 nitrogen and oxygen atoms in total. The van der Waals surface area contributed by atoms with Crippen molar-refractivity contribution < 1.29 is 14.3 Å². The maximum Gasteiger partial charge on any atom is 0.338 e. The summed E-state index contributed by atoms with van der Waals surface area (Å²) < 4.78 is 5.06. The van der Waals surface area contributed by atoms with Crippen molar-refractivity contribution in [1.82, 2.24) is 4.90 Å². The lowest BCUT2D eigenvalue weighted by Gasteiger charge is -2.13. The second kappa shape index (κ2) is 7.60. The molecule has 0 unspecified atom stereocenters. The molecule has 2 aromatic carbocycles. The highest BCUT2D eigenvalue weighted by Gasteiger charge is 2.15. The number of benzene rings is 2. The molecule has 0 aromatic heterocycles. The summed E-state index contributed by atoms with van der Waals surface area (Å²) in [6.45, 7) is -0.0251. The Morgan fingerprint density at radius 2 is 1.50 bits per heavy atom. The second-order valence-corrected chi connectivity index (χ2v) is 4.42. The summed E-state index contributed by atoms with van der Waals surface area (Å²) in [4.78, 5) is 24.8. The molecule has 0 spiro atoms. The summed E-state index contributed by atoms with van der Waals surface area (Å²) in [6, 6.07) is 17.0. The zero-order chi connectivity index (χ0) is 15.8. The number of esters is 1. The number of carbonyl (C=O) groups is 2. The molecule has 0 saturated carbocycles. The van der Waals surface area contributed by atoms with Crippen LogP contribution < -0.4 is 0 Å². The Morgan fingerprint density at radius 3 is 2.05 bits per heavy atom. The zero-order valence-electron chi connectivity index (χ0n) is 11.8. The molecule has 110 valence electrons. The topological polar surface area (TPSA) is 70.4 Å². The molecule has 22 heavy (non-hydrogen) atoms. The fourth-order valence-electron chi connectivity index (χ4n) is 1.82. The Morgan fingerprint density at radius 1 is 0.955 bits per heavy atom. The highest BCUT2D eigenvalue weighted by atomic mass is 16.5. The van der Waals surface area contributed by atoms with Crippen molar-refractivity contribution in [2.24, 2.45) is 0 Å². The first-order valence-electron chi connectivity index (χ1n) is 6.71. The summed E-state index contributed by atoms with van der Waals surface area (Å²) in [7, 11) is 0. The van der Waals surface area contributed by atoms with Crippen molar-refractivity contribution >= 4 is 11.9 Å². The van der Waals surface area contributed by atoms with E-state index >= 15 is 0 Å². The fourth-order valence-corrected chi connectivity index (χ4v) is 1.82. The van der Waals surface area contributed by atoms with E-state index in [2.05, 4.69) is 0 Å². The van der Waals surface area contributed by atoms with Crippen molar-refractivity contribution in [2.45, 2.75) is 0 Å². The van der Waals surface area contributed by atoms with E-state index in [1.54, 1.807) is 66.9 Å². The van der Waals surface area contributed by atoms with Crippen LogP contribution in [0.3, 0.4) is 0 Å². The minimum absolute atomic E-state index is 0.0167. The summed E-state index contributed by atoms with van der Waals surface area (Å²) in [5, 5.41) is 9.05. The van der Waals surface area contributed by atoms with Crippen LogP contribution in [0.15, 0.2) is 60.7 Å². The number of rotatable bonds is 5. The van der Waals surface area contributed by atoms with E-state index in [4.69, 9.17) is 10.00 Å². The lowest BCUT2D eigenvalue weighted by Crippen LogP contribution is -2.30. The number of hydrogen-bond donors (Lipinski definition) is 0. The summed E-state index contributed by atoms with van der Waals surface area (Å²) >= 11 is 0. The normalized spacial score (nSPS) is 9.59. The third-order valence-corrected chi connectivity index (χ3v) is 2.94. The third-order valence-electron chi connectivity index (χ3n) is 2.94. The standard InChI is InChI=1S/C17H14N2O3/c18-13-19(16(20)14-7-3-1-4-8-14)11-12-22-17(21)15-9-5-2-6-10-15/h1-10H,11-12H2. The molecule has 0 N–H and O–H groups in total. The first-order chi connectivity index (χ1) is 10.7. The van der Waals surface area contributed by atoms with Crippen LogP contribution in [0.1, 0.15) is 20.7 Å². The van der Waals surface area contributed by atoms with Crippen LogP contribution in [0, 0.1) is 11.5 Å². The molecular formula is C17H14N2O3. The van der Waals surface area contributed by atoms with Crippen molar-refractivity contribution in [2.75, 3.05) is 13.2 Å². The molecule has 0 aliphatic carbocycles. The summed E-state index contributed by atoms with van der Waals surface area (Å²) in [6.07, 6.45) is 1.81. The number of hydrogen-bond acceptors (Lipinski definition) is 4. The molecule has 0 aliphatic heterocycles. The average molecular weight is 294 g/mol. The Hall–Kier alpha value is -3.13. The Balaban J connectivity index is 1.88. The molecule has 5 heteroatoms. The quantitative estimate of drug-likeness (QED) is 0.482. The van der Waals surface area contributed by atoms with Crippen LogP contribution in [-0.2, 0) is 4.74 Å². The predicted octanol–water partition coefficient (Wildman–Crippen LogP) is 2.47. The lowest BCUT2D eigenvalue weighted by molar-refractivity contribution is 0.0466. The van der Waals surface area contributed by atoms with Gasteiger partial charge in [0.1, 0.15) is 6.61 Å². The molecule has 0 aliphatic rings. The van der Waals surface area contributed by atoms with E-state index in [-0.39, 0.29) is 13.2 Å². The average Bonchev–Trinajstić information content (AvgIpc) is 2.59. The van der Waals surface area contributed by atoms with Gasteiger partial charge in [0.2, 0.25) is 0 Å². The predicted molar refractivity (Wildman–Crippen MR) is 79.8 cm³/mol. The largest absolute Gasteiger partial charge is 0.460 e. The van der Waals surface area contributed by atoms with E-state index in [0.29, 0.717) is 11.1 Å². The third kappa shape index (κ3) is 3.93. The number of carbonyl (C=O) groups excluding carboxylic acids is 2. The maximum atomic E-state index is 12.1. The van der Waals surface area contributed by atoms with Gasteiger partial charge in [-0.25, -0.2) is 9.69 Å². The molecule has 1 amide bonds. The maximum absolute atomic E-state index is 12.1. The van der Waals surface area contributed by atoms with Gasteiger partial charge in [0.15, 0.2) is 6.19 Å². The first-order valence-corrected chi connectivity index (χ1v) is 6.71. The van der Waals surface area contributed by atoms with Crippen LogP contribution in [0.25, 0.3) is 0 Å². The molecule has 0 bridgehead atoms. The van der Waals surface area contributed by atoms with Gasteiger partial charge in [-0.3, -0.25) is 4.79 Å². The fraction of sp³-hybridized carbons (Fsp3) is 0.118. The van der Waals surface area contributed by atoms with E-state index in [9.17, 15) is 9.59 Å². The molecule has 0 radical (unpaired) electrons. The van der Waals surface area contributed by atoms with Crippen LogP contribution in [0.2, 0.25) is 0 Å². The highest BCUT2D eigenvalue weighted by molar-refractivity contribution is 5.95. The van der Waals surface area contributed by atoms with E-state index in [1.165, 1.54) is 0 Å². The molecule has 0 atom stereocenters. The van der Waals surface area contributed by atoms with Gasteiger partial charge in [-0.15, -0.1) is 0 Å². The van der Waals surface area contributed by atoms with Gasteiger partial charge >= 0.3 is 5.97 Å². The van der Waals surface area contributed by atoms with Crippen LogP contribution >= 0.6 is 0 Å². The van der Waals surface area contributed by atoms with Crippen molar-refractivity contribution in [3.8, 4) is 6.19 Å². The van der Waals surface area contributed by atoms with Crippen LogP contribution in [-0.4, -0.2) is 29.9 Å². The zero-order valence-corrected chi connectivity index (χ0v) is 11.8. The summed E-state index contributed by atoms with van der Waals surface area (Å²) in [5.74, 6) is -0.899. The van der Waals surface area contributed by atoms with E-state index in [0.717, 1.165) is 4.90 Å². The Bertz CT molecular complexity index is 678. The van der Waals surface area contributed by atoms with Gasteiger partial charge in [-0.2, -0.15) is 5.26 Å². The van der Waals surface area contributed by atoms with Crippen molar-refractivity contribution in [1.29, 1.82) is 5.26 Å². The highest BCUT2D eigenvalue weighted by Crippen LogP contribution is 2.05. The van der Waals surface area contributed by atoms with Gasteiger partial charge in [-0.1, -0.05) is 36.4 Å². The smallest absolute Gasteiger partial charge is 0.338 e. The number of amides is 1. The van der Waals surface area contributed by atoms with Gasteiger partial charge in [0, 0.05) is 5.56 Å². The molecule has 0 fully saturated rings. The van der Waals surface area contributed by atoms with Gasteiger partial charge in [0.05, 0.1) is 12.1 Å². The monoisotopic (exact) mass is 294 g/mol. The minimum Gasteiger partial charge on any atom is -0.460 e. The van der Waals surface area contributed by atoms with Gasteiger partial charge in [0.25, 0.3) is 5.91 Å². The number of nitrogens with zero attached hydrogens (tertiary/aromatic N) is 2. The van der Waals surface area contributed by atoms with Crippen molar-refractivity contribution in [3.63, 3.8) is 0 Å². The minimum atomic E-state index is -0.481. The number of nitriles is 1. The first kappa shape index (κ1) is 15.3. The molecule has 0 saturated heterocycles. The van der Waals surface area contributed by atoms with Gasteiger partial charge in [-0.05, 0) is 24.3 Å². The molecular weight excluding hydrogens is 280 g/mol. The SMILES string of the molecule is N#CN(CCOC(=O)c1ccccc1)C(=O)c1ccccc1. The molecule has 0 heterocycles. The lowest BCUT2D eigenvalue weighted by atomic mass is 10.2. The Kier molecular flexibility index (Phi) is 5.27. The molecule has 2 rings (SSSR count).